The molecule has 6 heteroatoms. The first-order valence-electron chi connectivity index (χ1n) is 43.8. The molecule has 0 aliphatic rings. The number of carbonyl (C=O) groups excluding carboxylic acids is 2. The lowest BCUT2D eigenvalue weighted by Crippen LogP contribution is -2.45. The molecule has 2 unspecified atom stereocenters. The molecule has 0 aliphatic heterocycles. The van der Waals surface area contributed by atoms with Gasteiger partial charge in [0.05, 0.1) is 25.4 Å². The molecule has 0 radical (unpaired) electrons. The van der Waals surface area contributed by atoms with Gasteiger partial charge in [-0.2, -0.15) is 0 Å². The minimum absolute atomic E-state index is 0.0218. The fourth-order valence-electron chi connectivity index (χ4n) is 14.5. The van der Waals surface area contributed by atoms with Crippen LogP contribution in [0.1, 0.15) is 521 Å². The van der Waals surface area contributed by atoms with Crippen molar-refractivity contribution in [3.8, 4) is 0 Å². The third-order valence-corrected chi connectivity index (χ3v) is 21.2. The van der Waals surface area contributed by atoms with Crippen LogP contribution in [0.25, 0.3) is 0 Å². The SMILES string of the molecule is CCCCCCCCCCCCCCCCCCCCCCCCCCC(O)C(CO)NC(=O)CCCCCCCCCCCCCCCCCCCCCCCCCCCCCCCCCCCCCCCCCOC(=O)CCCCCCCCCCCCCCC. The predicted octanol–water partition coefficient (Wildman–Crippen LogP) is 29.2. The summed E-state index contributed by atoms with van der Waals surface area (Å²) in [5, 5.41) is 23.5. The van der Waals surface area contributed by atoms with E-state index in [-0.39, 0.29) is 18.5 Å². The molecule has 3 N–H and O–H groups in total. The minimum Gasteiger partial charge on any atom is -0.466 e. The quantitative estimate of drug-likeness (QED) is 0.0417. The fraction of sp³-hybridized carbons (Fsp3) is 0.977. The van der Waals surface area contributed by atoms with Gasteiger partial charge in [-0.25, -0.2) is 0 Å². The fourth-order valence-corrected chi connectivity index (χ4v) is 14.5. The number of hydrogen-bond acceptors (Lipinski definition) is 5. The van der Waals surface area contributed by atoms with E-state index in [4.69, 9.17) is 4.74 Å². The largest absolute Gasteiger partial charge is 0.466 e. The first kappa shape index (κ1) is 91.9. The smallest absolute Gasteiger partial charge is 0.305 e. The highest BCUT2D eigenvalue weighted by Gasteiger charge is 2.20. The van der Waals surface area contributed by atoms with Crippen LogP contribution in [0, 0.1) is 0 Å². The first-order valence-corrected chi connectivity index (χ1v) is 43.8. The summed E-state index contributed by atoms with van der Waals surface area (Å²) in [6.07, 6.45) is 105. The van der Waals surface area contributed by atoms with Gasteiger partial charge in [0.2, 0.25) is 5.91 Å². The van der Waals surface area contributed by atoms with Gasteiger partial charge in [0.25, 0.3) is 0 Å². The molecule has 2 atom stereocenters. The summed E-state index contributed by atoms with van der Waals surface area (Å²) in [7, 11) is 0. The Kier molecular flexibility index (Phi) is 82.3. The molecule has 0 fully saturated rings. The van der Waals surface area contributed by atoms with Crippen molar-refractivity contribution in [1.29, 1.82) is 0 Å². The summed E-state index contributed by atoms with van der Waals surface area (Å²) in [5.41, 5.74) is 0. The Balaban J connectivity index is 3.29. The van der Waals surface area contributed by atoms with Crippen molar-refractivity contribution in [2.24, 2.45) is 0 Å². The van der Waals surface area contributed by atoms with Gasteiger partial charge < -0.3 is 20.3 Å². The maximum Gasteiger partial charge on any atom is 0.305 e. The average molecular weight is 1310 g/mol. The van der Waals surface area contributed by atoms with Crippen LogP contribution in [0.5, 0.6) is 0 Å². The summed E-state index contributed by atoms with van der Waals surface area (Å²) in [6.45, 7) is 5.03. The van der Waals surface area contributed by atoms with Gasteiger partial charge in [0, 0.05) is 12.8 Å². The Labute approximate surface area is 585 Å². The summed E-state index contributed by atoms with van der Waals surface area (Å²) in [6, 6.07) is -0.537. The zero-order valence-corrected chi connectivity index (χ0v) is 64.0. The van der Waals surface area contributed by atoms with Crippen LogP contribution >= 0.6 is 0 Å². The van der Waals surface area contributed by atoms with Crippen molar-refractivity contribution in [3.05, 3.63) is 0 Å². The molecule has 0 spiro atoms. The number of aliphatic hydroxyl groups excluding tert-OH is 2. The lowest BCUT2D eigenvalue weighted by atomic mass is 10.0. The van der Waals surface area contributed by atoms with Gasteiger partial charge in [-0.3, -0.25) is 9.59 Å². The van der Waals surface area contributed by atoms with Gasteiger partial charge in [-0.15, -0.1) is 0 Å². The van der Waals surface area contributed by atoms with Gasteiger partial charge in [-0.05, 0) is 25.7 Å². The standard InChI is InChI=1S/C87H173NO5/c1-3-5-7-9-11-13-15-17-18-19-20-21-22-40-43-46-49-52-56-59-63-67-71-75-79-85(90)84(83-89)88-86(91)80-76-72-68-64-60-57-53-50-47-44-41-38-36-34-32-30-28-26-24-23-25-27-29-31-33-35-37-39-42-45-48-51-54-58-62-66-70-74-78-82-93-87(92)81-77-73-69-65-61-55-16-14-12-10-8-6-4-2/h84-85,89-90H,3-83H2,1-2H3,(H,88,91). The molecule has 0 rings (SSSR count). The van der Waals surface area contributed by atoms with Crippen molar-refractivity contribution < 1.29 is 24.5 Å². The first-order chi connectivity index (χ1) is 46.0. The molecule has 0 saturated carbocycles. The molecule has 0 bridgehead atoms. The van der Waals surface area contributed by atoms with E-state index < -0.39 is 12.1 Å². The number of esters is 1. The lowest BCUT2D eigenvalue weighted by molar-refractivity contribution is -0.143. The molecule has 0 aromatic rings. The van der Waals surface area contributed by atoms with Crippen molar-refractivity contribution >= 4 is 11.9 Å². The van der Waals surface area contributed by atoms with E-state index in [0.29, 0.717) is 25.9 Å². The highest BCUT2D eigenvalue weighted by molar-refractivity contribution is 5.76. The topological polar surface area (TPSA) is 95.9 Å². The van der Waals surface area contributed by atoms with Gasteiger partial charge in [0.1, 0.15) is 0 Å². The van der Waals surface area contributed by atoms with Crippen LogP contribution in [0.2, 0.25) is 0 Å². The normalized spacial score (nSPS) is 12.3. The highest BCUT2D eigenvalue weighted by Crippen LogP contribution is 2.22. The molecular weight excluding hydrogens is 1140 g/mol. The zero-order chi connectivity index (χ0) is 67.0. The molecule has 6 nitrogen and oxygen atoms in total. The number of unbranched alkanes of at least 4 members (excludes halogenated alkanes) is 73. The number of ether oxygens (including phenoxy) is 1. The van der Waals surface area contributed by atoms with E-state index in [9.17, 15) is 19.8 Å². The molecule has 0 saturated heterocycles. The van der Waals surface area contributed by atoms with Crippen molar-refractivity contribution in [2.75, 3.05) is 13.2 Å². The van der Waals surface area contributed by atoms with Crippen molar-refractivity contribution in [2.45, 2.75) is 533 Å². The van der Waals surface area contributed by atoms with Crippen LogP contribution in [-0.2, 0) is 14.3 Å². The Morgan fingerprint density at radius 3 is 0.656 bits per heavy atom. The monoisotopic (exact) mass is 1310 g/mol. The molecule has 556 valence electrons. The van der Waals surface area contributed by atoms with Crippen molar-refractivity contribution in [1.82, 2.24) is 5.32 Å². The molecule has 93 heavy (non-hydrogen) atoms. The second kappa shape index (κ2) is 83.3. The number of amides is 1. The van der Waals surface area contributed by atoms with E-state index in [1.54, 1.807) is 0 Å². The minimum atomic E-state index is -0.661. The Hall–Kier alpha value is -1.14. The number of aliphatic hydroxyl groups is 2. The van der Waals surface area contributed by atoms with Crippen LogP contribution < -0.4 is 5.32 Å². The van der Waals surface area contributed by atoms with E-state index in [1.807, 2.05) is 0 Å². The van der Waals surface area contributed by atoms with E-state index in [2.05, 4.69) is 19.2 Å². The molecule has 0 heterocycles. The Bertz CT molecular complexity index is 1370. The van der Waals surface area contributed by atoms with Crippen LogP contribution in [0.4, 0.5) is 0 Å². The van der Waals surface area contributed by atoms with Crippen LogP contribution in [0.15, 0.2) is 0 Å². The van der Waals surface area contributed by atoms with Gasteiger partial charge >= 0.3 is 5.97 Å². The Morgan fingerprint density at radius 2 is 0.441 bits per heavy atom. The number of nitrogens with one attached hydrogen (secondary N) is 1. The summed E-state index contributed by atoms with van der Waals surface area (Å²) in [4.78, 5) is 24.7. The van der Waals surface area contributed by atoms with E-state index in [0.717, 1.165) is 38.5 Å². The number of hydrogen-bond donors (Lipinski definition) is 3. The second-order valence-electron chi connectivity index (χ2n) is 30.6. The summed E-state index contributed by atoms with van der Waals surface area (Å²) in [5.74, 6) is 0.00538. The summed E-state index contributed by atoms with van der Waals surface area (Å²) >= 11 is 0. The zero-order valence-electron chi connectivity index (χ0n) is 64.0. The maximum atomic E-state index is 12.6. The molecule has 1 amide bonds. The molecular formula is C87H173NO5. The van der Waals surface area contributed by atoms with E-state index >= 15 is 0 Å². The van der Waals surface area contributed by atoms with E-state index in [1.165, 1.54) is 449 Å². The van der Waals surface area contributed by atoms with Crippen LogP contribution in [-0.4, -0.2) is 47.4 Å². The number of rotatable bonds is 84. The lowest BCUT2D eigenvalue weighted by Gasteiger charge is -2.22. The molecule has 0 aliphatic carbocycles. The molecule has 0 aromatic carbocycles. The van der Waals surface area contributed by atoms with Crippen LogP contribution in [0.3, 0.4) is 0 Å². The third-order valence-electron chi connectivity index (χ3n) is 21.2. The Morgan fingerprint density at radius 1 is 0.258 bits per heavy atom. The second-order valence-corrected chi connectivity index (χ2v) is 30.6. The predicted molar refractivity (Wildman–Crippen MR) is 412 cm³/mol. The highest BCUT2D eigenvalue weighted by atomic mass is 16.5. The maximum absolute atomic E-state index is 12.6. The average Bonchev–Trinajstić information content (AvgIpc) is 3.65. The van der Waals surface area contributed by atoms with Gasteiger partial charge in [0.15, 0.2) is 0 Å². The summed E-state index contributed by atoms with van der Waals surface area (Å²) < 4.78 is 5.50. The third kappa shape index (κ3) is 79.7. The van der Waals surface area contributed by atoms with Gasteiger partial charge in [-0.1, -0.05) is 483 Å². The number of carbonyl (C=O) groups is 2. The van der Waals surface area contributed by atoms with Crippen molar-refractivity contribution in [3.63, 3.8) is 0 Å². The molecule has 0 aromatic heterocycles.